The number of carboxylic acids is 1. The number of aromatic carboxylic acids is 1. The van der Waals surface area contributed by atoms with E-state index in [1.807, 2.05) is 55.5 Å². The van der Waals surface area contributed by atoms with Crippen LogP contribution in [-0.2, 0) is 6.42 Å². The lowest BCUT2D eigenvalue weighted by molar-refractivity contribution is 0.0690. The summed E-state index contributed by atoms with van der Waals surface area (Å²) in [5.41, 5.74) is 3.36. The number of aryl methyl sites for hydroxylation is 1. The van der Waals surface area contributed by atoms with Crippen LogP contribution in [0.15, 0.2) is 48.5 Å². The molecule has 0 bridgehead atoms. The Kier molecular flexibility index (Phi) is 4.70. The smallest absolute Gasteiger partial charge is 0.352 e. The van der Waals surface area contributed by atoms with Crippen LogP contribution >= 0.6 is 0 Å². The number of carbonyl (C=O) groups excluding carboxylic acids is 1. The van der Waals surface area contributed by atoms with Crippen LogP contribution in [0.3, 0.4) is 0 Å². The molecule has 0 saturated heterocycles. The number of nitrogens with one attached hydrogen (secondary N) is 3. The van der Waals surface area contributed by atoms with E-state index in [1.54, 1.807) is 0 Å². The second-order valence-electron chi connectivity index (χ2n) is 5.78. The predicted molar refractivity (Wildman–Crippen MR) is 97.2 cm³/mol. The van der Waals surface area contributed by atoms with Crippen molar-refractivity contribution >= 4 is 28.6 Å². The zero-order chi connectivity index (χ0) is 17.8. The summed E-state index contributed by atoms with van der Waals surface area (Å²) in [6.45, 7) is 2.25. The Hall–Kier alpha value is -3.28. The molecule has 0 aliphatic rings. The first kappa shape index (κ1) is 16.6. The van der Waals surface area contributed by atoms with Gasteiger partial charge in [0.25, 0.3) is 0 Å². The fourth-order valence-electron chi connectivity index (χ4n) is 2.82. The van der Waals surface area contributed by atoms with Crippen LogP contribution in [0.25, 0.3) is 10.9 Å². The zero-order valence-electron chi connectivity index (χ0n) is 13.8. The van der Waals surface area contributed by atoms with Crippen LogP contribution < -0.4 is 10.6 Å². The van der Waals surface area contributed by atoms with Crippen molar-refractivity contribution in [2.75, 3.05) is 11.9 Å². The number of amides is 2. The number of aromatic amines is 1. The lowest BCUT2D eigenvalue weighted by Crippen LogP contribution is -2.30. The van der Waals surface area contributed by atoms with E-state index in [-0.39, 0.29) is 11.7 Å². The number of anilines is 1. The summed E-state index contributed by atoms with van der Waals surface area (Å²) < 4.78 is 0. The molecule has 3 aromatic rings. The van der Waals surface area contributed by atoms with E-state index in [4.69, 9.17) is 0 Å². The molecule has 0 aliphatic heterocycles. The molecule has 0 spiro atoms. The van der Waals surface area contributed by atoms with Crippen LogP contribution in [0.5, 0.6) is 0 Å². The number of fused-ring (bicyclic) bond motifs is 1. The first-order valence-electron chi connectivity index (χ1n) is 7.99. The van der Waals surface area contributed by atoms with Gasteiger partial charge in [-0.3, -0.25) is 0 Å². The maximum Gasteiger partial charge on any atom is 0.352 e. The fraction of sp³-hybridized carbons (Fsp3) is 0.158. The van der Waals surface area contributed by atoms with Crippen molar-refractivity contribution in [3.8, 4) is 0 Å². The summed E-state index contributed by atoms with van der Waals surface area (Å²) in [5, 5.41) is 15.8. The van der Waals surface area contributed by atoms with Crippen LogP contribution in [0.4, 0.5) is 10.5 Å². The van der Waals surface area contributed by atoms with Crippen molar-refractivity contribution in [1.82, 2.24) is 10.3 Å². The molecule has 0 aliphatic carbocycles. The molecule has 6 heteroatoms. The van der Waals surface area contributed by atoms with E-state index < -0.39 is 5.97 Å². The third kappa shape index (κ3) is 3.63. The van der Waals surface area contributed by atoms with Crippen molar-refractivity contribution in [2.45, 2.75) is 13.3 Å². The first-order chi connectivity index (χ1) is 12.1. The van der Waals surface area contributed by atoms with Crippen LogP contribution in [0.1, 0.15) is 21.6 Å². The molecular formula is C19H19N3O3. The quantitative estimate of drug-likeness (QED) is 0.573. The lowest BCUT2D eigenvalue weighted by atomic mass is 10.1. The third-order valence-corrected chi connectivity index (χ3v) is 4.08. The Morgan fingerprint density at radius 3 is 2.56 bits per heavy atom. The van der Waals surface area contributed by atoms with Gasteiger partial charge in [-0.05, 0) is 36.6 Å². The van der Waals surface area contributed by atoms with Gasteiger partial charge in [0.05, 0.1) is 0 Å². The standard InChI is InChI=1S/C19H19N3O3/c1-12-6-2-4-8-15(12)22-19(25)20-11-10-14-13-7-3-5-9-16(13)21-17(14)18(23)24/h2-9,21H,10-11H2,1H3,(H,23,24)(H2,20,22,25). The molecule has 1 aromatic heterocycles. The van der Waals surface area contributed by atoms with Gasteiger partial charge in [0.2, 0.25) is 0 Å². The highest BCUT2D eigenvalue weighted by Crippen LogP contribution is 2.22. The summed E-state index contributed by atoms with van der Waals surface area (Å²) in [6, 6.07) is 14.6. The highest BCUT2D eigenvalue weighted by Gasteiger charge is 2.16. The van der Waals surface area contributed by atoms with Crippen molar-refractivity contribution in [3.05, 3.63) is 65.4 Å². The molecule has 2 aromatic carbocycles. The SMILES string of the molecule is Cc1ccccc1NC(=O)NCCc1c(C(=O)O)[nH]c2ccccc12. The van der Waals surface area contributed by atoms with Crippen LogP contribution in [-0.4, -0.2) is 28.6 Å². The predicted octanol–water partition coefficient (Wildman–Crippen LogP) is 3.54. The summed E-state index contributed by atoms with van der Waals surface area (Å²) in [7, 11) is 0. The number of para-hydroxylation sites is 2. The maximum absolute atomic E-state index is 12.0. The number of benzene rings is 2. The van der Waals surface area contributed by atoms with Crippen molar-refractivity contribution < 1.29 is 14.7 Å². The zero-order valence-corrected chi connectivity index (χ0v) is 13.8. The van der Waals surface area contributed by atoms with Gasteiger partial charge in [-0.1, -0.05) is 36.4 Å². The number of aromatic nitrogens is 1. The van der Waals surface area contributed by atoms with Crippen LogP contribution in [0, 0.1) is 6.92 Å². The van der Waals surface area contributed by atoms with Gasteiger partial charge in [-0.2, -0.15) is 0 Å². The summed E-state index contributed by atoms with van der Waals surface area (Å²) in [4.78, 5) is 26.4. The molecule has 2 amide bonds. The van der Waals surface area contributed by atoms with Gasteiger partial charge in [-0.25, -0.2) is 9.59 Å². The minimum absolute atomic E-state index is 0.169. The van der Waals surface area contributed by atoms with Crippen LogP contribution in [0.2, 0.25) is 0 Å². The Morgan fingerprint density at radius 1 is 1.08 bits per heavy atom. The molecule has 25 heavy (non-hydrogen) atoms. The highest BCUT2D eigenvalue weighted by molar-refractivity contribution is 5.97. The van der Waals surface area contributed by atoms with Gasteiger partial charge in [0.1, 0.15) is 5.69 Å². The molecule has 128 valence electrons. The monoisotopic (exact) mass is 337 g/mol. The van der Waals surface area contributed by atoms with Gasteiger partial charge in [0.15, 0.2) is 0 Å². The molecule has 6 nitrogen and oxygen atoms in total. The van der Waals surface area contributed by atoms with E-state index in [2.05, 4.69) is 15.6 Å². The number of carboxylic acid groups (broad SMARTS) is 1. The molecule has 0 saturated carbocycles. The number of carbonyl (C=O) groups is 2. The average Bonchev–Trinajstić information content (AvgIpc) is 2.96. The second-order valence-corrected chi connectivity index (χ2v) is 5.78. The largest absolute Gasteiger partial charge is 0.477 e. The van der Waals surface area contributed by atoms with Gasteiger partial charge in [0, 0.05) is 23.1 Å². The molecule has 3 rings (SSSR count). The van der Waals surface area contributed by atoms with E-state index in [1.165, 1.54) is 0 Å². The molecule has 0 radical (unpaired) electrons. The minimum atomic E-state index is -1.00. The van der Waals surface area contributed by atoms with E-state index in [0.717, 1.165) is 22.2 Å². The number of hydrogen-bond donors (Lipinski definition) is 4. The van der Waals surface area contributed by atoms with Crippen molar-refractivity contribution in [2.24, 2.45) is 0 Å². The van der Waals surface area contributed by atoms with Gasteiger partial charge < -0.3 is 20.7 Å². The summed E-state index contributed by atoms with van der Waals surface area (Å²) in [5.74, 6) is -1.00. The molecule has 0 atom stereocenters. The highest BCUT2D eigenvalue weighted by atomic mass is 16.4. The van der Waals surface area contributed by atoms with Crippen molar-refractivity contribution in [3.63, 3.8) is 0 Å². The Morgan fingerprint density at radius 2 is 1.80 bits per heavy atom. The topological polar surface area (TPSA) is 94.2 Å². The Labute approximate surface area is 144 Å². The molecule has 0 fully saturated rings. The lowest BCUT2D eigenvalue weighted by Gasteiger charge is -2.09. The maximum atomic E-state index is 12.0. The first-order valence-corrected chi connectivity index (χ1v) is 7.99. The fourth-order valence-corrected chi connectivity index (χ4v) is 2.82. The Balaban J connectivity index is 1.67. The second kappa shape index (κ2) is 7.09. The summed E-state index contributed by atoms with van der Waals surface area (Å²) >= 11 is 0. The molecular weight excluding hydrogens is 318 g/mol. The minimum Gasteiger partial charge on any atom is -0.477 e. The van der Waals surface area contributed by atoms with Gasteiger partial charge in [-0.15, -0.1) is 0 Å². The van der Waals surface area contributed by atoms with E-state index >= 15 is 0 Å². The molecule has 0 unspecified atom stereocenters. The van der Waals surface area contributed by atoms with Crippen molar-refractivity contribution in [1.29, 1.82) is 0 Å². The normalized spacial score (nSPS) is 10.6. The van der Waals surface area contributed by atoms with E-state index in [0.29, 0.717) is 18.5 Å². The molecule has 1 heterocycles. The summed E-state index contributed by atoms with van der Waals surface area (Å²) in [6.07, 6.45) is 0.423. The Bertz CT molecular complexity index is 931. The van der Waals surface area contributed by atoms with Gasteiger partial charge >= 0.3 is 12.0 Å². The number of urea groups is 1. The average molecular weight is 337 g/mol. The third-order valence-electron chi connectivity index (χ3n) is 4.08. The number of hydrogen-bond acceptors (Lipinski definition) is 2. The van der Waals surface area contributed by atoms with E-state index in [9.17, 15) is 14.7 Å². The molecule has 4 N–H and O–H groups in total. The number of rotatable bonds is 5. The number of H-pyrrole nitrogens is 1.